The van der Waals surface area contributed by atoms with E-state index >= 15 is 0 Å². The van der Waals surface area contributed by atoms with E-state index in [2.05, 4.69) is 63.2 Å². The summed E-state index contributed by atoms with van der Waals surface area (Å²) in [5.41, 5.74) is 11.6. The fourth-order valence-electron chi connectivity index (χ4n) is 7.39. The number of allylic oxidation sites excluding steroid dienone is 7. The van der Waals surface area contributed by atoms with Crippen molar-refractivity contribution in [3.05, 3.63) is 86.6 Å². The van der Waals surface area contributed by atoms with Crippen LogP contribution in [0.4, 0.5) is 4.39 Å². The van der Waals surface area contributed by atoms with Crippen LogP contribution in [0.25, 0.3) is 17.0 Å². The molecule has 1 saturated carbocycles. The van der Waals surface area contributed by atoms with Crippen LogP contribution in [0.2, 0.25) is 0 Å². The quantitative estimate of drug-likeness (QED) is 0.418. The molecule has 0 bridgehead atoms. The van der Waals surface area contributed by atoms with Gasteiger partial charge < -0.3 is 9.32 Å². The minimum Gasteiger partial charge on any atom is -0.456 e. The summed E-state index contributed by atoms with van der Waals surface area (Å²) in [5.74, 6) is 2.05. The van der Waals surface area contributed by atoms with Crippen LogP contribution in [0.5, 0.6) is 0 Å². The third-order valence-corrected chi connectivity index (χ3v) is 9.31. The van der Waals surface area contributed by atoms with Crippen LogP contribution < -0.4 is 0 Å². The first-order chi connectivity index (χ1) is 17.8. The van der Waals surface area contributed by atoms with Gasteiger partial charge >= 0.3 is 0 Å². The average molecular weight is 498 g/mol. The van der Waals surface area contributed by atoms with Crippen molar-refractivity contribution in [3.63, 3.8) is 0 Å². The molecule has 4 aliphatic rings. The molecular weight excluding hydrogens is 457 g/mol. The largest absolute Gasteiger partial charge is 0.456 e. The number of nitrogens with zero attached hydrogens (tertiary/aromatic N) is 1. The number of likely N-dealkylation sites (N-methyl/N-ethyl adjacent to an activating group) is 1. The van der Waals surface area contributed by atoms with E-state index in [0.29, 0.717) is 6.42 Å². The van der Waals surface area contributed by atoms with E-state index in [9.17, 15) is 4.39 Å². The minimum atomic E-state index is -0.00457. The standard InChI is InChI=1S/C34H40FNO/c1-20-14-31(36(5)19-26(20)16-24-8-6-7-9-24)29-18-30-28-11-10-25(17-33(28)37-32(30)15-21(29)2)34-22(3)12-27(35)13-23(34)4/h12,14-15,17-19,23-24,31H,6-11,13,16H2,1-5H3. The summed E-state index contributed by atoms with van der Waals surface area (Å²) in [4.78, 5) is 2.41. The highest BCUT2D eigenvalue weighted by atomic mass is 19.1. The molecule has 6 rings (SSSR count). The molecule has 3 heteroatoms. The SMILES string of the molecule is CC1=CC(c2cc3c4c(oc3cc2C)C=C(C2=C(C)C=C(F)CC2C)CC4)N(C)C=C1CC1CCCC1. The van der Waals surface area contributed by atoms with E-state index in [4.69, 9.17) is 4.42 Å². The first-order valence-electron chi connectivity index (χ1n) is 14.2. The van der Waals surface area contributed by atoms with Gasteiger partial charge in [-0.2, -0.15) is 0 Å². The molecule has 194 valence electrons. The average Bonchev–Trinajstić information content (AvgIpc) is 3.47. The maximum atomic E-state index is 14.0. The van der Waals surface area contributed by atoms with Gasteiger partial charge in [-0.15, -0.1) is 0 Å². The lowest BCUT2D eigenvalue weighted by Gasteiger charge is -2.32. The molecule has 2 unspecified atom stereocenters. The van der Waals surface area contributed by atoms with Crippen LogP contribution in [0.1, 0.15) is 94.2 Å². The lowest BCUT2D eigenvalue weighted by molar-refractivity contribution is 0.377. The Kier molecular flexibility index (Phi) is 6.29. The Hall–Kier alpha value is -2.81. The third-order valence-electron chi connectivity index (χ3n) is 9.31. The summed E-state index contributed by atoms with van der Waals surface area (Å²) in [6.07, 6.45) is 18.0. The first-order valence-corrected chi connectivity index (χ1v) is 14.2. The number of fused-ring (bicyclic) bond motifs is 3. The van der Waals surface area contributed by atoms with Crippen LogP contribution in [0.3, 0.4) is 0 Å². The van der Waals surface area contributed by atoms with Crippen molar-refractivity contribution in [2.24, 2.45) is 11.8 Å². The fraction of sp³-hybridized carbons (Fsp3) is 0.471. The zero-order valence-electron chi connectivity index (χ0n) is 23.1. The van der Waals surface area contributed by atoms with Gasteiger partial charge in [-0.3, -0.25) is 0 Å². The van der Waals surface area contributed by atoms with Crippen LogP contribution in [0.15, 0.2) is 68.6 Å². The molecular formula is C34H40FNO. The van der Waals surface area contributed by atoms with Crippen molar-refractivity contribution in [2.75, 3.05) is 7.05 Å². The third kappa shape index (κ3) is 4.45. The molecule has 2 heterocycles. The van der Waals surface area contributed by atoms with Gasteiger partial charge in [-0.05, 0) is 115 Å². The Morgan fingerprint density at radius 2 is 1.84 bits per heavy atom. The zero-order chi connectivity index (χ0) is 25.8. The van der Waals surface area contributed by atoms with Gasteiger partial charge in [0.2, 0.25) is 0 Å². The van der Waals surface area contributed by atoms with E-state index in [1.54, 1.807) is 6.08 Å². The van der Waals surface area contributed by atoms with E-state index < -0.39 is 0 Å². The molecule has 37 heavy (non-hydrogen) atoms. The first kappa shape index (κ1) is 24.5. The Morgan fingerprint density at radius 1 is 1.05 bits per heavy atom. The highest BCUT2D eigenvalue weighted by Gasteiger charge is 2.28. The van der Waals surface area contributed by atoms with E-state index in [0.717, 1.165) is 35.7 Å². The predicted octanol–water partition coefficient (Wildman–Crippen LogP) is 9.68. The molecule has 0 N–H and O–H groups in total. The number of benzene rings is 1. The van der Waals surface area contributed by atoms with Crippen LogP contribution in [-0.4, -0.2) is 11.9 Å². The van der Waals surface area contributed by atoms with Crippen molar-refractivity contribution in [3.8, 4) is 0 Å². The van der Waals surface area contributed by atoms with Gasteiger partial charge in [0.25, 0.3) is 0 Å². The molecule has 2 aromatic rings. The molecule has 0 saturated heterocycles. The Bertz CT molecular complexity index is 1400. The van der Waals surface area contributed by atoms with E-state index in [1.807, 2.05) is 6.92 Å². The van der Waals surface area contributed by atoms with Crippen LogP contribution in [-0.2, 0) is 6.42 Å². The summed E-state index contributed by atoms with van der Waals surface area (Å²) in [6, 6.07) is 4.87. The number of aryl methyl sites for hydroxylation is 2. The molecule has 2 nitrogen and oxygen atoms in total. The Labute approximate surface area is 221 Å². The summed E-state index contributed by atoms with van der Waals surface area (Å²) in [6.45, 7) is 8.69. The molecule has 1 fully saturated rings. The molecule has 2 atom stereocenters. The Balaban J connectivity index is 1.33. The van der Waals surface area contributed by atoms with Gasteiger partial charge in [0, 0.05) is 30.6 Å². The lowest BCUT2D eigenvalue weighted by Crippen LogP contribution is -2.23. The molecule has 1 aromatic heterocycles. The summed E-state index contributed by atoms with van der Waals surface area (Å²) in [5, 5.41) is 1.25. The van der Waals surface area contributed by atoms with Crippen molar-refractivity contribution in [2.45, 2.75) is 85.1 Å². The summed E-state index contributed by atoms with van der Waals surface area (Å²) >= 11 is 0. The molecule has 1 aromatic carbocycles. The summed E-state index contributed by atoms with van der Waals surface area (Å²) in [7, 11) is 2.23. The second-order valence-electron chi connectivity index (χ2n) is 12.1. The maximum Gasteiger partial charge on any atom is 0.135 e. The number of halogens is 1. The Morgan fingerprint density at radius 3 is 2.59 bits per heavy atom. The van der Waals surface area contributed by atoms with Crippen molar-refractivity contribution >= 4 is 17.0 Å². The van der Waals surface area contributed by atoms with Crippen LogP contribution in [0, 0.1) is 18.8 Å². The number of rotatable bonds is 4. The van der Waals surface area contributed by atoms with Crippen molar-refractivity contribution < 1.29 is 8.81 Å². The maximum absolute atomic E-state index is 14.0. The van der Waals surface area contributed by atoms with Crippen molar-refractivity contribution in [1.29, 1.82) is 0 Å². The number of hydrogen-bond acceptors (Lipinski definition) is 2. The second kappa shape index (κ2) is 9.49. The summed E-state index contributed by atoms with van der Waals surface area (Å²) < 4.78 is 20.4. The number of furan rings is 1. The normalized spacial score (nSPS) is 24.8. The van der Waals surface area contributed by atoms with Crippen LogP contribution >= 0.6 is 0 Å². The monoisotopic (exact) mass is 497 g/mol. The van der Waals surface area contributed by atoms with Crippen molar-refractivity contribution in [1.82, 2.24) is 4.90 Å². The smallest absolute Gasteiger partial charge is 0.135 e. The fourth-order valence-corrected chi connectivity index (χ4v) is 7.39. The zero-order valence-corrected chi connectivity index (χ0v) is 23.1. The van der Waals surface area contributed by atoms with Gasteiger partial charge in [0.1, 0.15) is 17.2 Å². The van der Waals surface area contributed by atoms with Gasteiger partial charge in [0.05, 0.1) is 6.04 Å². The number of hydrogen-bond donors (Lipinski definition) is 0. The van der Waals surface area contributed by atoms with Gasteiger partial charge in [0.15, 0.2) is 0 Å². The lowest BCUT2D eigenvalue weighted by atomic mass is 9.79. The predicted molar refractivity (Wildman–Crippen MR) is 152 cm³/mol. The molecule has 1 aliphatic heterocycles. The van der Waals surface area contributed by atoms with E-state index in [-0.39, 0.29) is 17.8 Å². The highest BCUT2D eigenvalue weighted by molar-refractivity contribution is 5.87. The molecule has 0 spiro atoms. The topological polar surface area (TPSA) is 16.4 Å². The molecule has 0 amide bonds. The van der Waals surface area contributed by atoms with E-state index in [1.165, 1.54) is 76.5 Å². The molecule has 3 aliphatic carbocycles. The second-order valence-corrected chi connectivity index (χ2v) is 12.1. The van der Waals surface area contributed by atoms with Gasteiger partial charge in [-0.25, -0.2) is 4.39 Å². The minimum absolute atomic E-state index is 0.00457. The van der Waals surface area contributed by atoms with Gasteiger partial charge in [-0.1, -0.05) is 38.7 Å². The molecule has 0 radical (unpaired) electrons. The highest BCUT2D eigenvalue weighted by Crippen LogP contribution is 2.43.